The number of halogens is 1. The van der Waals surface area contributed by atoms with Crippen LogP contribution in [0.1, 0.15) is 34.3 Å². The fourth-order valence-corrected chi connectivity index (χ4v) is 4.03. The van der Waals surface area contributed by atoms with E-state index in [2.05, 4.69) is 10.3 Å². The molecule has 29 heavy (non-hydrogen) atoms. The van der Waals surface area contributed by atoms with Crippen LogP contribution < -0.4 is 5.32 Å². The number of nitrogens with zero attached hydrogens (tertiary/aromatic N) is 2. The third-order valence-electron chi connectivity index (χ3n) is 5.66. The maximum absolute atomic E-state index is 13.7. The maximum atomic E-state index is 13.7. The second kappa shape index (κ2) is 7.91. The van der Waals surface area contributed by atoms with Crippen LogP contribution in [0.4, 0.5) is 4.39 Å². The number of carbonyl (C=O) groups excluding carboxylic acids is 2. The Kier molecular flexibility index (Phi) is 5.32. The van der Waals surface area contributed by atoms with Crippen LogP contribution in [0.2, 0.25) is 0 Å². The summed E-state index contributed by atoms with van der Waals surface area (Å²) in [6.45, 7) is 3.63. The van der Waals surface area contributed by atoms with E-state index in [0.29, 0.717) is 43.8 Å². The van der Waals surface area contributed by atoms with E-state index in [0.717, 1.165) is 12.0 Å². The van der Waals surface area contributed by atoms with Gasteiger partial charge in [0.1, 0.15) is 11.4 Å². The molecule has 1 N–H and O–H groups in total. The van der Waals surface area contributed by atoms with Crippen LogP contribution in [0, 0.1) is 18.7 Å². The van der Waals surface area contributed by atoms with Crippen LogP contribution in [0.5, 0.6) is 0 Å². The summed E-state index contributed by atoms with van der Waals surface area (Å²) in [6.07, 6.45) is 4.56. The minimum Gasteiger partial charge on any atom is -0.371 e. The number of likely N-dealkylation sites (tertiary alicyclic amines) is 1. The minimum atomic E-state index is -0.374. The second-order valence-corrected chi connectivity index (χ2v) is 8.03. The molecule has 152 valence electrons. The third kappa shape index (κ3) is 4.29. The molecule has 1 unspecified atom stereocenters. The molecular formula is C22H24FN3O3. The summed E-state index contributed by atoms with van der Waals surface area (Å²) in [5, 5.41) is 2.93. The zero-order valence-electron chi connectivity index (χ0n) is 16.4. The van der Waals surface area contributed by atoms with Gasteiger partial charge in [-0.1, -0.05) is 6.07 Å². The monoisotopic (exact) mass is 397 g/mol. The summed E-state index contributed by atoms with van der Waals surface area (Å²) in [6, 6.07) is 8.29. The predicted octanol–water partition coefficient (Wildman–Crippen LogP) is 2.47. The van der Waals surface area contributed by atoms with Gasteiger partial charge in [0, 0.05) is 30.9 Å². The van der Waals surface area contributed by atoms with Crippen LogP contribution in [-0.4, -0.2) is 47.0 Å². The number of pyridine rings is 1. The van der Waals surface area contributed by atoms with Crippen molar-refractivity contribution >= 4 is 11.8 Å². The Hall–Kier alpha value is -2.80. The quantitative estimate of drug-likeness (QED) is 0.841. The molecule has 4 rings (SSSR count). The molecule has 1 aromatic carbocycles. The maximum Gasteiger partial charge on any atom is 0.254 e. The number of aromatic nitrogens is 1. The van der Waals surface area contributed by atoms with Crippen molar-refractivity contribution in [1.82, 2.24) is 15.2 Å². The Morgan fingerprint density at radius 3 is 2.76 bits per heavy atom. The van der Waals surface area contributed by atoms with E-state index in [-0.39, 0.29) is 29.2 Å². The number of hydrogen-bond acceptors (Lipinski definition) is 4. The van der Waals surface area contributed by atoms with Crippen molar-refractivity contribution in [2.24, 2.45) is 5.92 Å². The van der Waals surface area contributed by atoms with Crippen molar-refractivity contribution in [3.05, 3.63) is 65.2 Å². The van der Waals surface area contributed by atoms with E-state index in [1.54, 1.807) is 36.4 Å². The van der Waals surface area contributed by atoms with Gasteiger partial charge in [0.05, 0.1) is 19.7 Å². The lowest BCUT2D eigenvalue weighted by Crippen LogP contribution is -2.63. The number of carbonyl (C=O) groups is 2. The number of nitrogens with one attached hydrogen (secondary N) is 1. The number of hydrogen-bond donors (Lipinski definition) is 1. The summed E-state index contributed by atoms with van der Waals surface area (Å²) < 4.78 is 19.7. The van der Waals surface area contributed by atoms with E-state index in [1.165, 1.54) is 6.07 Å². The number of rotatable bonds is 5. The Labute approximate surface area is 169 Å². The first kappa shape index (κ1) is 19.5. The molecule has 0 aliphatic carbocycles. The van der Waals surface area contributed by atoms with Crippen LogP contribution in [0.15, 0.2) is 42.7 Å². The summed E-state index contributed by atoms with van der Waals surface area (Å²) in [7, 11) is 0. The van der Waals surface area contributed by atoms with E-state index in [1.807, 2.05) is 12.1 Å². The molecule has 1 aromatic heterocycles. The summed E-state index contributed by atoms with van der Waals surface area (Å²) in [5.74, 6) is -0.422. The minimum absolute atomic E-state index is 0.00477. The Balaban J connectivity index is 1.24. The van der Waals surface area contributed by atoms with Gasteiger partial charge in [-0.2, -0.15) is 0 Å². The first-order valence-corrected chi connectivity index (χ1v) is 9.79. The Morgan fingerprint density at radius 1 is 1.28 bits per heavy atom. The first-order chi connectivity index (χ1) is 13.9. The highest BCUT2D eigenvalue weighted by Gasteiger charge is 2.51. The molecule has 2 fully saturated rings. The molecule has 2 aliphatic rings. The van der Waals surface area contributed by atoms with Gasteiger partial charge in [0.2, 0.25) is 5.91 Å². The number of ether oxygens (including phenoxy) is 1. The average molecular weight is 397 g/mol. The van der Waals surface area contributed by atoms with Crippen molar-refractivity contribution in [2.75, 3.05) is 19.7 Å². The largest absolute Gasteiger partial charge is 0.371 e. The van der Waals surface area contributed by atoms with Crippen LogP contribution in [0.3, 0.4) is 0 Å². The van der Waals surface area contributed by atoms with E-state index < -0.39 is 0 Å². The molecule has 2 amide bonds. The molecule has 7 heteroatoms. The second-order valence-electron chi connectivity index (χ2n) is 8.03. The zero-order chi connectivity index (χ0) is 20.4. The van der Waals surface area contributed by atoms with Gasteiger partial charge in [-0.3, -0.25) is 14.6 Å². The van der Waals surface area contributed by atoms with Gasteiger partial charge in [-0.15, -0.1) is 0 Å². The third-order valence-corrected chi connectivity index (χ3v) is 5.66. The van der Waals surface area contributed by atoms with Crippen molar-refractivity contribution in [1.29, 1.82) is 0 Å². The molecule has 2 aliphatic heterocycles. The number of aryl methyl sites for hydroxylation is 1. The summed E-state index contributed by atoms with van der Waals surface area (Å²) in [4.78, 5) is 30.4. The zero-order valence-corrected chi connectivity index (χ0v) is 16.4. The number of benzene rings is 1. The SMILES string of the molecule is Cc1ccc(C(=O)N2CC3(CC(CC(=O)NCc4ccncc4)CO3)C2)cc1F. The Morgan fingerprint density at radius 2 is 2.03 bits per heavy atom. The fourth-order valence-electron chi connectivity index (χ4n) is 4.03. The molecule has 6 nitrogen and oxygen atoms in total. The number of amides is 2. The molecule has 2 saturated heterocycles. The van der Waals surface area contributed by atoms with Crippen molar-refractivity contribution in [2.45, 2.75) is 31.9 Å². The summed E-state index contributed by atoms with van der Waals surface area (Å²) in [5.41, 5.74) is 1.52. The Bertz CT molecular complexity index is 913. The molecular weight excluding hydrogens is 373 g/mol. The van der Waals surface area contributed by atoms with E-state index in [4.69, 9.17) is 4.74 Å². The molecule has 3 heterocycles. The van der Waals surface area contributed by atoms with Gasteiger partial charge in [-0.25, -0.2) is 4.39 Å². The molecule has 0 radical (unpaired) electrons. The van der Waals surface area contributed by atoms with Gasteiger partial charge in [-0.05, 0) is 54.7 Å². The van der Waals surface area contributed by atoms with Gasteiger partial charge in [0.25, 0.3) is 5.91 Å². The predicted molar refractivity (Wildman–Crippen MR) is 105 cm³/mol. The molecule has 2 aromatic rings. The van der Waals surface area contributed by atoms with Crippen LogP contribution >= 0.6 is 0 Å². The van der Waals surface area contributed by atoms with Crippen molar-refractivity contribution in [3.63, 3.8) is 0 Å². The average Bonchev–Trinajstić information content (AvgIpc) is 3.12. The highest BCUT2D eigenvalue weighted by molar-refractivity contribution is 5.95. The highest BCUT2D eigenvalue weighted by Crippen LogP contribution is 2.39. The lowest BCUT2D eigenvalue weighted by Gasteiger charge is -2.47. The first-order valence-electron chi connectivity index (χ1n) is 9.79. The smallest absolute Gasteiger partial charge is 0.254 e. The fraction of sp³-hybridized carbons (Fsp3) is 0.409. The molecule has 0 bridgehead atoms. The van der Waals surface area contributed by atoms with Crippen LogP contribution in [0.25, 0.3) is 0 Å². The van der Waals surface area contributed by atoms with Crippen molar-refractivity contribution < 1.29 is 18.7 Å². The highest BCUT2D eigenvalue weighted by atomic mass is 19.1. The standard InChI is InChI=1S/C22H24FN3O3/c1-15-2-3-18(9-19(15)23)21(28)26-13-22(14-26)10-17(12-29-22)8-20(27)25-11-16-4-6-24-7-5-16/h2-7,9,17H,8,10-14H2,1H3,(H,25,27). The topological polar surface area (TPSA) is 71.5 Å². The normalized spacial score (nSPS) is 19.8. The van der Waals surface area contributed by atoms with E-state index in [9.17, 15) is 14.0 Å². The van der Waals surface area contributed by atoms with Gasteiger partial charge < -0.3 is 15.0 Å². The molecule has 1 atom stereocenters. The van der Waals surface area contributed by atoms with Crippen molar-refractivity contribution in [3.8, 4) is 0 Å². The van der Waals surface area contributed by atoms with Crippen LogP contribution in [-0.2, 0) is 16.1 Å². The van der Waals surface area contributed by atoms with Gasteiger partial charge in [0.15, 0.2) is 0 Å². The van der Waals surface area contributed by atoms with E-state index >= 15 is 0 Å². The molecule has 0 saturated carbocycles. The lowest BCUT2D eigenvalue weighted by atomic mass is 9.85. The molecule has 1 spiro atoms. The summed E-state index contributed by atoms with van der Waals surface area (Å²) >= 11 is 0. The lowest BCUT2D eigenvalue weighted by molar-refractivity contribution is -0.122. The van der Waals surface area contributed by atoms with Gasteiger partial charge >= 0.3 is 0 Å².